The van der Waals surface area contributed by atoms with Gasteiger partial charge in [0.05, 0.1) is 0 Å². The molecule has 2 aromatic rings. The van der Waals surface area contributed by atoms with Crippen LogP contribution in [0.15, 0.2) is 53.0 Å². The molecule has 0 saturated heterocycles. The highest BCUT2D eigenvalue weighted by Gasteiger charge is 2.26. The first-order chi connectivity index (χ1) is 8.03. The Balaban J connectivity index is 2.60. The van der Waals surface area contributed by atoms with E-state index in [1.54, 1.807) is 0 Å². The topological polar surface area (TPSA) is 0 Å². The first kappa shape index (κ1) is 12.4. The molecule has 0 nitrogen and oxygen atoms in total. The lowest BCUT2D eigenvalue weighted by Gasteiger charge is -2.29. The minimum absolute atomic E-state index is 0.0193. The van der Waals surface area contributed by atoms with Crippen LogP contribution in [0.4, 0.5) is 0 Å². The van der Waals surface area contributed by atoms with Gasteiger partial charge in [-0.25, -0.2) is 0 Å². The molecule has 17 heavy (non-hydrogen) atoms. The molecule has 0 bridgehead atoms. The van der Waals surface area contributed by atoms with Gasteiger partial charge >= 0.3 is 0 Å². The van der Waals surface area contributed by atoms with Crippen LogP contribution in [0.2, 0.25) is 0 Å². The van der Waals surface area contributed by atoms with E-state index in [2.05, 4.69) is 85.2 Å². The van der Waals surface area contributed by atoms with Gasteiger partial charge in [-0.2, -0.15) is 0 Å². The standard InChI is InChI=1S/C16H17Br/c1-12-8-7-11-14(17)15(12)16(2,3)13-9-5-4-6-10-13/h4-11H,1-3H3. The van der Waals surface area contributed by atoms with Gasteiger partial charge in [-0.15, -0.1) is 0 Å². The summed E-state index contributed by atoms with van der Waals surface area (Å²) in [5, 5.41) is 0. The minimum Gasteiger partial charge on any atom is -0.0622 e. The molecule has 0 amide bonds. The summed E-state index contributed by atoms with van der Waals surface area (Å²) in [5.74, 6) is 0. The van der Waals surface area contributed by atoms with Crippen molar-refractivity contribution in [1.29, 1.82) is 0 Å². The van der Waals surface area contributed by atoms with Crippen LogP contribution < -0.4 is 0 Å². The zero-order valence-electron chi connectivity index (χ0n) is 10.5. The monoisotopic (exact) mass is 288 g/mol. The lowest BCUT2D eigenvalue weighted by molar-refractivity contribution is 0.632. The van der Waals surface area contributed by atoms with Gasteiger partial charge in [0.1, 0.15) is 0 Å². The zero-order valence-corrected chi connectivity index (χ0v) is 12.1. The third kappa shape index (κ3) is 2.30. The van der Waals surface area contributed by atoms with E-state index in [0.717, 1.165) is 0 Å². The molecule has 0 N–H and O–H groups in total. The third-order valence-corrected chi connectivity index (χ3v) is 4.00. The Labute approximate surface area is 112 Å². The van der Waals surface area contributed by atoms with Crippen molar-refractivity contribution in [3.05, 3.63) is 69.7 Å². The van der Waals surface area contributed by atoms with Crippen LogP contribution in [-0.2, 0) is 5.41 Å². The van der Waals surface area contributed by atoms with Gasteiger partial charge in [-0.1, -0.05) is 72.2 Å². The summed E-state index contributed by atoms with van der Waals surface area (Å²) < 4.78 is 1.19. The van der Waals surface area contributed by atoms with Crippen molar-refractivity contribution >= 4 is 15.9 Å². The van der Waals surface area contributed by atoms with Crippen molar-refractivity contribution < 1.29 is 0 Å². The minimum atomic E-state index is 0.0193. The Morgan fingerprint density at radius 1 is 0.882 bits per heavy atom. The summed E-state index contributed by atoms with van der Waals surface area (Å²) >= 11 is 3.68. The second-order valence-corrected chi connectivity index (χ2v) is 5.78. The molecule has 0 radical (unpaired) electrons. The Morgan fingerprint density at radius 3 is 2.12 bits per heavy atom. The molecule has 0 fully saturated rings. The van der Waals surface area contributed by atoms with E-state index < -0.39 is 0 Å². The molecule has 2 rings (SSSR count). The summed E-state index contributed by atoms with van der Waals surface area (Å²) in [4.78, 5) is 0. The second kappa shape index (κ2) is 4.66. The molecule has 0 aliphatic rings. The Kier molecular flexibility index (Phi) is 3.39. The molecular weight excluding hydrogens is 272 g/mol. The number of rotatable bonds is 2. The van der Waals surface area contributed by atoms with Gasteiger partial charge in [-0.05, 0) is 29.7 Å². The molecule has 2 aromatic carbocycles. The second-order valence-electron chi connectivity index (χ2n) is 4.92. The van der Waals surface area contributed by atoms with Gasteiger partial charge in [0.2, 0.25) is 0 Å². The molecular formula is C16H17Br. The van der Waals surface area contributed by atoms with E-state index in [9.17, 15) is 0 Å². The highest BCUT2D eigenvalue weighted by atomic mass is 79.9. The van der Waals surface area contributed by atoms with E-state index in [-0.39, 0.29) is 5.41 Å². The quantitative estimate of drug-likeness (QED) is 0.723. The smallest absolute Gasteiger partial charge is 0.0218 e. The van der Waals surface area contributed by atoms with Crippen LogP contribution in [0, 0.1) is 6.92 Å². The fourth-order valence-electron chi connectivity index (χ4n) is 2.42. The summed E-state index contributed by atoms with van der Waals surface area (Å²) in [7, 11) is 0. The number of hydrogen-bond acceptors (Lipinski definition) is 0. The average Bonchev–Trinajstić information content (AvgIpc) is 2.29. The highest BCUT2D eigenvalue weighted by Crippen LogP contribution is 2.37. The molecule has 88 valence electrons. The molecule has 0 unspecified atom stereocenters. The van der Waals surface area contributed by atoms with Crippen molar-refractivity contribution in [2.45, 2.75) is 26.2 Å². The van der Waals surface area contributed by atoms with Gasteiger partial charge in [0.25, 0.3) is 0 Å². The molecule has 0 spiro atoms. The summed E-state index contributed by atoms with van der Waals surface area (Å²) in [5.41, 5.74) is 4.06. The predicted octanol–water partition coefficient (Wildman–Crippen LogP) is 5.08. The summed E-state index contributed by atoms with van der Waals surface area (Å²) in [6.45, 7) is 6.72. The maximum absolute atomic E-state index is 3.68. The fraction of sp³-hybridized carbons (Fsp3) is 0.250. The van der Waals surface area contributed by atoms with Gasteiger partial charge in [0, 0.05) is 9.89 Å². The van der Waals surface area contributed by atoms with Gasteiger partial charge in [-0.3, -0.25) is 0 Å². The maximum Gasteiger partial charge on any atom is 0.0218 e. The van der Waals surface area contributed by atoms with Crippen LogP contribution in [0.3, 0.4) is 0 Å². The largest absolute Gasteiger partial charge is 0.0622 e. The lowest BCUT2D eigenvalue weighted by atomic mass is 9.76. The van der Waals surface area contributed by atoms with Gasteiger partial charge < -0.3 is 0 Å². The number of aryl methyl sites for hydroxylation is 1. The molecule has 0 aromatic heterocycles. The van der Waals surface area contributed by atoms with Crippen LogP contribution in [0.25, 0.3) is 0 Å². The van der Waals surface area contributed by atoms with Crippen LogP contribution in [-0.4, -0.2) is 0 Å². The van der Waals surface area contributed by atoms with E-state index in [4.69, 9.17) is 0 Å². The van der Waals surface area contributed by atoms with Crippen molar-refractivity contribution in [2.75, 3.05) is 0 Å². The lowest BCUT2D eigenvalue weighted by Crippen LogP contribution is -2.20. The number of hydrogen-bond donors (Lipinski definition) is 0. The van der Waals surface area contributed by atoms with E-state index in [1.807, 2.05) is 0 Å². The van der Waals surface area contributed by atoms with Crippen molar-refractivity contribution in [1.82, 2.24) is 0 Å². The number of halogens is 1. The maximum atomic E-state index is 3.68. The normalized spacial score (nSPS) is 11.5. The van der Waals surface area contributed by atoms with Crippen molar-refractivity contribution in [2.24, 2.45) is 0 Å². The third-order valence-electron chi connectivity index (χ3n) is 3.34. The molecule has 1 heteroatoms. The molecule has 0 aliphatic heterocycles. The number of benzene rings is 2. The van der Waals surface area contributed by atoms with E-state index in [0.29, 0.717) is 0 Å². The molecule has 0 heterocycles. The first-order valence-corrected chi connectivity index (χ1v) is 6.64. The van der Waals surface area contributed by atoms with Crippen LogP contribution in [0.1, 0.15) is 30.5 Å². The van der Waals surface area contributed by atoms with E-state index in [1.165, 1.54) is 21.2 Å². The molecule has 0 saturated carbocycles. The summed E-state index contributed by atoms with van der Waals surface area (Å²) in [6, 6.07) is 17.0. The van der Waals surface area contributed by atoms with Crippen LogP contribution in [0.5, 0.6) is 0 Å². The summed E-state index contributed by atoms with van der Waals surface area (Å²) in [6.07, 6.45) is 0. The van der Waals surface area contributed by atoms with Crippen molar-refractivity contribution in [3.8, 4) is 0 Å². The SMILES string of the molecule is Cc1cccc(Br)c1C(C)(C)c1ccccc1. The first-order valence-electron chi connectivity index (χ1n) is 5.84. The highest BCUT2D eigenvalue weighted by molar-refractivity contribution is 9.10. The van der Waals surface area contributed by atoms with Gasteiger partial charge in [0.15, 0.2) is 0 Å². The average molecular weight is 289 g/mol. The Hall–Kier alpha value is -1.08. The Morgan fingerprint density at radius 2 is 1.53 bits per heavy atom. The fourth-order valence-corrected chi connectivity index (χ4v) is 3.38. The predicted molar refractivity (Wildman–Crippen MR) is 77.4 cm³/mol. The molecule has 0 atom stereocenters. The van der Waals surface area contributed by atoms with Crippen LogP contribution >= 0.6 is 15.9 Å². The van der Waals surface area contributed by atoms with E-state index >= 15 is 0 Å². The Bertz CT molecular complexity index is 492. The molecule has 0 aliphatic carbocycles. The van der Waals surface area contributed by atoms with Crippen molar-refractivity contribution in [3.63, 3.8) is 0 Å². The zero-order chi connectivity index (χ0) is 12.5.